The average Bonchev–Trinajstić information content (AvgIpc) is 2.35. The number of hydrogen-bond donors (Lipinski definition) is 0. The second-order valence-electron chi connectivity index (χ2n) is 4.50. The van der Waals surface area contributed by atoms with E-state index in [9.17, 15) is 10.1 Å². The van der Waals surface area contributed by atoms with Crippen molar-refractivity contribution in [3.8, 4) is 6.07 Å². The van der Waals surface area contributed by atoms with Crippen molar-refractivity contribution >= 4 is 17.3 Å². The lowest BCUT2D eigenvalue weighted by atomic mass is 10.1. The first-order chi connectivity index (χ1) is 8.95. The van der Waals surface area contributed by atoms with E-state index < -0.39 is 4.92 Å². The summed E-state index contributed by atoms with van der Waals surface area (Å²) in [5.41, 5.74) is 0.635. The maximum absolute atomic E-state index is 11.0. The van der Waals surface area contributed by atoms with Crippen molar-refractivity contribution in [2.75, 3.05) is 6.54 Å². The van der Waals surface area contributed by atoms with Gasteiger partial charge in [-0.2, -0.15) is 5.26 Å². The smallest absolute Gasteiger partial charge is 0.275 e. The summed E-state index contributed by atoms with van der Waals surface area (Å²) in [5.74, 6) is 0. The van der Waals surface area contributed by atoms with Gasteiger partial charge in [-0.25, -0.2) is 0 Å². The predicted octanol–water partition coefficient (Wildman–Crippen LogP) is 3.37. The molecule has 0 spiro atoms. The van der Waals surface area contributed by atoms with Crippen molar-refractivity contribution in [3.05, 3.63) is 38.9 Å². The summed E-state index contributed by atoms with van der Waals surface area (Å²) >= 11 is 5.78. The number of halogens is 1. The molecule has 0 aliphatic heterocycles. The number of rotatable bonds is 6. The molecule has 0 amide bonds. The van der Waals surface area contributed by atoms with E-state index in [2.05, 4.69) is 6.07 Å². The summed E-state index contributed by atoms with van der Waals surface area (Å²) in [7, 11) is 0. The third kappa shape index (κ3) is 4.51. The minimum absolute atomic E-state index is 0.0232. The van der Waals surface area contributed by atoms with Crippen molar-refractivity contribution in [2.24, 2.45) is 0 Å². The molecule has 0 unspecified atom stereocenters. The van der Waals surface area contributed by atoms with Crippen LogP contribution in [-0.2, 0) is 6.54 Å². The largest absolute Gasteiger partial charge is 0.295 e. The standard InChI is InChI=1S/C13H16ClN3O2/c1-10(2)16(7-3-6-15)9-11-4-5-12(14)8-13(11)17(18)19/h4-5,8,10H,3,7,9H2,1-2H3. The van der Waals surface area contributed by atoms with Crippen molar-refractivity contribution in [1.29, 1.82) is 5.26 Å². The van der Waals surface area contributed by atoms with Crippen LogP contribution in [0.3, 0.4) is 0 Å². The highest BCUT2D eigenvalue weighted by Gasteiger charge is 2.18. The van der Waals surface area contributed by atoms with E-state index in [1.54, 1.807) is 12.1 Å². The summed E-state index contributed by atoms with van der Waals surface area (Å²) in [5, 5.41) is 20.0. The highest BCUT2D eigenvalue weighted by atomic mass is 35.5. The molecule has 0 radical (unpaired) electrons. The molecule has 6 heteroatoms. The van der Waals surface area contributed by atoms with Gasteiger partial charge in [0.2, 0.25) is 0 Å². The van der Waals surface area contributed by atoms with E-state index in [4.69, 9.17) is 16.9 Å². The molecule has 1 rings (SSSR count). The Morgan fingerprint density at radius 2 is 2.21 bits per heavy atom. The minimum atomic E-state index is -0.427. The van der Waals surface area contributed by atoms with Crippen LogP contribution in [0.1, 0.15) is 25.8 Å². The second-order valence-corrected chi connectivity index (χ2v) is 4.94. The molecule has 0 aromatic heterocycles. The summed E-state index contributed by atoms with van der Waals surface area (Å²) in [4.78, 5) is 12.6. The Balaban J connectivity index is 2.96. The number of hydrogen-bond acceptors (Lipinski definition) is 4. The van der Waals surface area contributed by atoms with Crippen molar-refractivity contribution in [1.82, 2.24) is 4.90 Å². The van der Waals surface area contributed by atoms with Crippen LogP contribution in [0.2, 0.25) is 5.02 Å². The fourth-order valence-electron chi connectivity index (χ4n) is 1.77. The summed E-state index contributed by atoms with van der Waals surface area (Å²) in [6, 6.07) is 6.98. The Kier molecular flexibility index (Phi) is 5.74. The second kappa shape index (κ2) is 7.07. The number of nitriles is 1. The van der Waals surface area contributed by atoms with Gasteiger partial charge in [0.1, 0.15) is 0 Å². The first-order valence-electron chi connectivity index (χ1n) is 5.99. The number of nitro groups is 1. The Labute approximate surface area is 117 Å². The Morgan fingerprint density at radius 1 is 1.53 bits per heavy atom. The van der Waals surface area contributed by atoms with E-state index in [0.29, 0.717) is 30.1 Å². The quantitative estimate of drug-likeness (QED) is 0.592. The van der Waals surface area contributed by atoms with Crippen molar-refractivity contribution in [2.45, 2.75) is 32.9 Å². The SMILES string of the molecule is CC(C)N(CCC#N)Cc1ccc(Cl)cc1[N+](=O)[O-]. The van der Waals surface area contributed by atoms with Gasteiger partial charge in [-0.3, -0.25) is 15.0 Å². The molecule has 5 nitrogen and oxygen atoms in total. The van der Waals surface area contributed by atoms with E-state index in [0.717, 1.165) is 0 Å². The first kappa shape index (κ1) is 15.4. The molecule has 0 fully saturated rings. The Morgan fingerprint density at radius 3 is 2.74 bits per heavy atom. The normalized spacial score (nSPS) is 10.7. The molecular formula is C13H16ClN3O2. The minimum Gasteiger partial charge on any atom is -0.295 e. The van der Waals surface area contributed by atoms with Crippen molar-refractivity contribution in [3.63, 3.8) is 0 Å². The van der Waals surface area contributed by atoms with Crippen LogP contribution in [0.5, 0.6) is 0 Å². The van der Waals surface area contributed by atoms with Crippen LogP contribution in [0.25, 0.3) is 0 Å². The van der Waals surface area contributed by atoms with Crippen LogP contribution < -0.4 is 0 Å². The molecule has 0 saturated heterocycles. The maximum atomic E-state index is 11.0. The Bertz CT molecular complexity index is 497. The van der Waals surface area contributed by atoms with Crippen LogP contribution >= 0.6 is 11.6 Å². The van der Waals surface area contributed by atoms with Gasteiger partial charge in [0.15, 0.2) is 0 Å². The van der Waals surface area contributed by atoms with Gasteiger partial charge in [0.05, 0.1) is 11.0 Å². The third-order valence-electron chi connectivity index (χ3n) is 2.86. The van der Waals surface area contributed by atoms with Crippen LogP contribution in [0.4, 0.5) is 5.69 Å². The van der Waals surface area contributed by atoms with Gasteiger partial charge in [0.25, 0.3) is 5.69 Å². The molecule has 0 aliphatic carbocycles. The highest BCUT2D eigenvalue weighted by Crippen LogP contribution is 2.25. The topological polar surface area (TPSA) is 70.2 Å². The molecule has 0 aliphatic rings. The predicted molar refractivity (Wildman–Crippen MR) is 73.9 cm³/mol. The lowest BCUT2D eigenvalue weighted by Gasteiger charge is -2.25. The molecule has 102 valence electrons. The summed E-state index contributed by atoms with van der Waals surface area (Å²) < 4.78 is 0. The van der Waals surface area contributed by atoms with E-state index in [1.807, 2.05) is 18.7 Å². The summed E-state index contributed by atoms with van der Waals surface area (Å²) in [6.45, 7) is 5.03. The molecular weight excluding hydrogens is 266 g/mol. The molecule has 0 heterocycles. The molecule has 19 heavy (non-hydrogen) atoms. The zero-order valence-electron chi connectivity index (χ0n) is 11.0. The molecule has 0 N–H and O–H groups in total. The first-order valence-corrected chi connectivity index (χ1v) is 6.37. The zero-order chi connectivity index (χ0) is 14.4. The van der Waals surface area contributed by atoms with Gasteiger partial charge >= 0.3 is 0 Å². The van der Waals surface area contributed by atoms with Crippen LogP contribution in [0.15, 0.2) is 18.2 Å². The lowest BCUT2D eigenvalue weighted by Crippen LogP contribution is -2.31. The maximum Gasteiger partial charge on any atom is 0.275 e. The van der Waals surface area contributed by atoms with E-state index in [-0.39, 0.29) is 11.7 Å². The molecule has 0 atom stereocenters. The monoisotopic (exact) mass is 281 g/mol. The van der Waals surface area contributed by atoms with Gasteiger partial charge in [-0.15, -0.1) is 0 Å². The lowest BCUT2D eigenvalue weighted by molar-refractivity contribution is -0.385. The molecule has 1 aromatic rings. The van der Waals surface area contributed by atoms with E-state index >= 15 is 0 Å². The van der Waals surface area contributed by atoms with E-state index in [1.165, 1.54) is 6.07 Å². The summed E-state index contributed by atoms with van der Waals surface area (Å²) in [6.07, 6.45) is 0.402. The Hall–Kier alpha value is -1.64. The van der Waals surface area contributed by atoms with Crippen LogP contribution in [-0.4, -0.2) is 22.4 Å². The number of nitro benzene ring substituents is 1. The van der Waals surface area contributed by atoms with Gasteiger partial charge in [-0.05, 0) is 26.0 Å². The fourth-order valence-corrected chi connectivity index (χ4v) is 1.94. The van der Waals surface area contributed by atoms with Crippen molar-refractivity contribution < 1.29 is 4.92 Å². The third-order valence-corrected chi connectivity index (χ3v) is 3.09. The van der Waals surface area contributed by atoms with Gasteiger partial charge < -0.3 is 0 Å². The molecule has 0 saturated carbocycles. The number of nitrogens with zero attached hydrogens (tertiary/aromatic N) is 3. The molecule has 0 bridgehead atoms. The highest BCUT2D eigenvalue weighted by molar-refractivity contribution is 6.30. The van der Waals surface area contributed by atoms with Crippen LogP contribution in [0, 0.1) is 21.4 Å². The molecule has 1 aromatic carbocycles. The van der Waals surface area contributed by atoms with Gasteiger partial charge in [-0.1, -0.05) is 11.6 Å². The zero-order valence-corrected chi connectivity index (χ0v) is 11.7. The average molecular weight is 282 g/mol. The fraction of sp³-hybridized carbons (Fsp3) is 0.462. The number of benzene rings is 1. The van der Waals surface area contributed by atoms with Gasteiger partial charge in [0, 0.05) is 42.2 Å².